The average Bonchev–Trinajstić information content (AvgIpc) is 2.58. The third kappa shape index (κ3) is 26.9. The van der Waals surface area contributed by atoms with Gasteiger partial charge in [0.15, 0.2) is 74.9 Å². The van der Waals surface area contributed by atoms with Crippen LogP contribution < -0.4 is 0 Å². The van der Waals surface area contributed by atoms with Gasteiger partial charge in [-0.15, -0.1) is 0 Å². The van der Waals surface area contributed by atoms with E-state index in [0.29, 0.717) is 0 Å². The summed E-state index contributed by atoms with van der Waals surface area (Å²) in [4.78, 5) is 0. The molecule has 0 saturated carbocycles. The van der Waals surface area contributed by atoms with Crippen LogP contribution in [0.15, 0.2) is 0 Å². The fraction of sp³-hybridized carbons (Fsp3) is 1.00. The number of rotatable bonds is 24. The molecule has 0 aliphatic rings. The molecule has 0 fully saturated rings. The fourth-order valence-corrected chi connectivity index (χ4v) is 48.3. The molecule has 0 saturated heterocycles. The molecule has 0 spiro atoms. The lowest BCUT2D eigenvalue weighted by Crippen LogP contribution is -2.75. The molecule has 0 aromatic carbocycles. The molecule has 320 valence electrons. The summed E-state index contributed by atoms with van der Waals surface area (Å²) >= 11 is 0. The van der Waals surface area contributed by atoms with Crippen LogP contribution in [-0.2, 0) is 49.4 Å². The van der Waals surface area contributed by atoms with Gasteiger partial charge in [-0.2, -0.15) is 0 Å². The molecular weight excluding hydrogens is 893 g/mol. The third-order valence-corrected chi connectivity index (χ3v) is 43.3. The summed E-state index contributed by atoms with van der Waals surface area (Å²) in [7, 11) is -38.4. The van der Waals surface area contributed by atoms with Crippen molar-refractivity contribution < 1.29 is 49.4 Å². The highest BCUT2D eigenvalue weighted by atomic mass is 28.6. The summed E-state index contributed by atoms with van der Waals surface area (Å²) in [5.74, 6) is 0. The van der Waals surface area contributed by atoms with Crippen molar-refractivity contribution in [3.8, 4) is 0 Å². The Hall–Kier alpha value is 2.34. The maximum atomic E-state index is 7.50. The molecule has 0 aromatic rings. The van der Waals surface area contributed by atoms with Crippen LogP contribution in [0, 0.1) is 0 Å². The van der Waals surface area contributed by atoms with Gasteiger partial charge in [0, 0.05) is 6.55 Å². The first-order chi connectivity index (χ1) is 22.5. The second-order valence-corrected chi connectivity index (χ2v) is 75.1. The Morgan fingerprint density at radius 3 is 0.321 bits per heavy atom. The van der Waals surface area contributed by atoms with Gasteiger partial charge in [-0.1, -0.05) is 0 Å². The Labute approximate surface area is 341 Å². The third-order valence-electron chi connectivity index (χ3n) is 4.81. The predicted molar refractivity (Wildman–Crippen MR) is 252 cm³/mol. The van der Waals surface area contributed by atoms with Crippen LogP contribution >= 0.6 is 0 Å². The fourth-order valence-electron chi connectivity index (χ4n) is 4.49. The van der Waals surface area contributed by atoms with Gasteiger partial charge in [-0.05, 0) is 177 Å². The van der Waals surface area contributed by atoms with Crippen molar-refractivity contribution in [2.24, 2.45) is 0 Å². The molecule has 0 unspecified atom stereocenters. The molecule has 0 aliphatic heterocycles. The van der Waals surface area contributed by atoms with Crippen LogP contribution in [0.3, 0.4) is 0 Å². The monoisotopic (exact) mass is 976 g/mol. The number of hydrogen-bond donors (Lipinski definition) is 0. The van der Waals surface area contributed by atoms with Gasteiger partial charge in [-0.3, -0.25) is 0 Å². The van der Waals surface area contributed by atoms with E-state index in [0.717, 1.165) is 0 Å². The second-order valence-electron chi connectivity index (χ2n) is 22.6. The largest absolute Gasteiger partial charge is 0.640 e. The summed E-state index contributed by atoms with van der Waals surface area (Å²) in [6, 6.07) is 0. The molecule has 53 heavy (non-hydrogen) atoms. The zero-order valence-corrected chi connectivity index (χ0v) is 52.4. The van der Waals surface area contributed by atoms with E-state index in [9.17, 15) is 0 Å². The van der Waals surface area contributed by atoms with Crippen LogP contribution in [0.4, 0.5) is 0 Å². The van der Waals surface area contributed by atoms with Crippen molar-refractivity contribution in [2.75, 3.05) is 0 Å². The minimum Gasteiger partial charge on any atom is -0.396 e. The first kappa shape index (κ1) is 55.3. The summed E-state index contributed by atoms with van der Waals surface area (Å²) in [6.07, 6.45) is 0. The minimum absolute atomic E-state index is 1.86. The van der Waals surface area contributed by atoms with E-state index in [4.69, 9.17) is 49.4 Å². The molecule has 12 nitrogen and oxygen atoms in total. The smallest absolute Gasteiger partial charge is 0.396 e. The lowest BCUT2D eigenvalue weighted by molar-refractivity contribution is 0.0481. The van der Waals surface area contributed by atoms with Crippen LogP contribution in [0.1, 0.15) is 0 Å². The molecule has 25 heteroatoms. The second kappa shape index (κ2) is 18.1. The van der Waals surface area contributed by atoms with Gasteiger partial charge in [-0.25, -0.2) is 0 Å². The Bertz CT molecular complexity index is 890. The normalized spacial score (nSPS) is 16.1. The molecular formula is C28H84O12Si13. The predicted octanol–water partition coefficient (Wildman–Crippen LogP) is 10.6. The van der Waals surface area contributed by atoms with Gasteiger partial charge in [0.2, 0.25) is 0 Å². The molecule has 0 amide bonds. The summed E-state index contributed by atoms with van der Waals surface area (Å²) in [6.45, 7) is 59.0. The minimum atomic E-state index is -4.29. The Balaban J connectivity index is 8.73. The summed E-state index contributed by atoms with van der Waals surface area (Å²) in [5.41, 5.74) is 0. The molecule has 0 aromatic heterocycles. The molecule has 0 heterocycles. The van der Waals surface area contributed by atoms with E-state index >= 15 is 0 Å². The van der Waals surface area contributed by atoms with Gasteiger partial charge in [0.05, 0.1) is 0 Å². The van der Waals surface area contributed by atoms with Gasteiger partial charge < -0.3 is 49.4 Å². The quantitative estimate of drug-likeness (QED) is 0.0859. The van der Waals surface area contributed by atoms with Crippen LogP contribution in [-0.4, -0.2) is 111 Å². The Morgan fingerprint density at radius 1 is 0.151 bits per heavy atom. The SMILES string of the molecule is C[Si](C)(C)O[Si](O[Si](C)(C)C)(O[Si](C)(C)C)O[Si](C)(O[Si](O[Si](C)(C)C)(O[Si](C)(C)C)O[Si](C)(C)C)O[Si](O[Si](C)(C)C)(O[Si](C)(C)C)O[Si](C)(C)C. The van der Waals surface area contributed by atoms with E-state index < -0.39 is 111 Å². The highest BCUT2D eigenvalue weighted by molar-refractivity contribution is 6.96. The molecule has 0 aliphatic carbocycles. The standard InChI is InChI=1S/C28H84O12Si13/c1-41(2,3)29-51(30-42(4,5)6,31-43(7,8)9)38-50(28,39-52(32-44(10,11)12,33-45(13,14)15)34-46(16,17)18)40-53(35-47(19,20)21,36-48(22,23)24)37-49(25,26)27/h1-28H3. The van der Waals surface area contributed by atoms with Gasteiger partial charge in [0.1, 0.15) is 0 Å². The van der Waals surface area contributed by atoms with Crippen LogP contribution in [0.5, 0.6) is 0 Å². The lowest BCUT2D eigenvalue weighted by Gasteiger charge is -2.49. The molecule has 0 bridgehead atoms. The van der Waals surface area contributed by atoms with E-state index in [1.807, 2.05) is 6.55 Å². The van der Waals surface area contributed by atoms with Crippen LogP contribution in [0.2, 0.25) is 183 Å². The van der Waals surface area contributed by atoms with Gasteiger partial charge >= 0.3 is 35.9 Å². The van der Waals surface area contributed by atoms with E-state index in [-0.39, 0.29) is 0 Å². The number of hydrogen-bond acceptors (Lipinski definition) is 12. The van der Waals surface area contributed by atoms with E-state index in [2.05, 4.69) is 177 Å². The highest BCUT2D eigenvalue weighted by Gasteiger charge is 2.69. The first-order valence-electron chi connectivity index (χ1n) is 18.9. The lowest BCUT2D eigenvalue weighted by atomic mass is 11.8. The van der Waals surface area contributed by atoms with Crippen molar-refractivity contribution in [2.45, 2.75) is 183 Å². The Morgan fingerprint density at radius 2 is 0.245 bits per heavy atom. The average molecular weight is 978 g/mol. The van der Waals surface area contributed by atoms with E-state index in [1.165, 1.54) is 0 Å². The van der Waals surface area contributed by atoms with E-state index in [1.54, 1.807) is 0 Å². The van der Waals surface area contributed by atoms with Crippen molar-refractivity contribution in [1.29, 1.82) is 0 Å². The zero-order valence-electron chi connectivity index (χ0n) is 39.4. The molecule has 0 N–H and O–H groups in total. The van der Waals surface area contributed by atoms with Gasteiger partial charge in [0.25, 0.3) is 0 Å². The highest BCUT2D eigenvalue weighted by Crippen LogP contribution is 2.38. The van der Waals surface area contributed by atoms with Crippen molar-refractivity contribution >= 4 is 111 Å². The topological polar surface area (TPSA) is 111 Å². The maximum absolute atomic E-state index is 7.50. The summed E-state index contributed by atoms with van der Waals surface area (Å²) < 4.78 is 86.4. The van der Waals surface area contributed by atoms with Crippen molar-refractivity contribution in [1.82, 2.24) is 0 Å². The molecule has 0 radical (unpaired) electrons. The maximum Gasteiger partial charge on any atom is 0.640 e. The molecule has 0 rings (SSSR count). The van der Waals surface area contributed by atoms with Crippen molar-refractivity contribution in [3.63, 3.8) is 0 Å². The summed E-state index contributed by atoms with van der Waals surface area (Å²) in [5, 5.41) is 0. The van der Waals surface area contributed by atoms with Crippen LogP contribution in [0.25, 0.3) is 0 Å². The first-order valence-corrected chi connectivity index (χ1v) is 56.7. The van der Waals surface area contributed by atoms with Crippen molar-refractivity contribution in [3.05, 3.63) is 0 Å². The Kier molecular flexibility index (Phi) is 18.9. The zero-order chi connectivity index (χ0) is 43.0. The molecule has 0 atom stereocenters.